The minimum atomic E-state index is 0.245. The lowest BCUT2D eigenvalue weighted by Gasteiger charge is -2.07. The van der Waals surface area contributed by atoms with Crippen LogP contribution in [0.5, 0.6) is 11.5 Å². The molecule has 0 saturated carbocycles. The van der Waals surface area contributed by atoms with Crippen molar-refractivity contribution in [1.82, 2.24) is 4.57 Å². The van der Waals surface area contributed by atoms with Crippen LogP contribution in [0.4, 0.5) is 0 Å². The number of nitrogens with zero attached hydrogens (tertiary/aromatic N) is 2. The number of rotatable bonds is 0. The van der Waals surface area contributed by atoms with Gasteiger partial charge in [-0.25, -0.2) is 0 Å². The first-order valence-electron chi connectivity index (χ1n) is 7.41. The molecule has 0 fully saturated rings. The Balaban J connectivity index is 2.10. The van der Waals surface area contributed by atoms with Crippen LogP contribution in [0.15, 0.2) is 42.5 Å². The number of benzene rings is 3. The molecule has 4 heteroatoms. The zero-order valence-electron chi connectivity index (χ0n) is 12.5. The normalized spacial score (nSPS) is 13.0. The van der Waals surface area contributed by atoms with E-state index < -0.39 is 0 Å². The number of hydrogen-bond acceptors (Lipinski definition) is 3. The van der Waals surface area contributed by atoms with Gasteiger partial charge in [0.15, 0.2) is 11.5 Å². The number of aryl methyl sites for hydroxylation is 1. The number of aromatic nitrogens is 1. The molecule has 0 N–H and O–H groups in total. The van der Waals surface area contributed by atoms with Gasteiger partial charge in [0.1, 0.15) is 0 Å². The summed E-state index contributed by atoms with van der Waals surface area (Å²) in [6, 6.07) is 16.4. The van der Waals surface area contributed by atoms with E-state index in [-0.39, 0.29) is 6.79 Å². The Labute approximate surface area is 132 Å². The quantitative estimate of drug-likeness (QED) is 0.491. The minimum Gasteiger partial charge on any atom is -0.454 e. The number of fused-ring (bicyclic) bond motifs is 6. The van der Waals surface area contributed by atoms with Gasteiger partial charge in [-0.3, -0.25) is 0 Å². The van der Waals surface area contributed by atoms with Crippen LogP contribution in [-0.2, 0) is 7.05 Å². The summed E-state index contributed by atoms with van der Waals surface area (Å²) >= 11 is 0. The average Bonchev–Trinajstić information content (AvgIpc) is 3.15. The van der Waals surface area contributed by atoms with Crippen molar-refractivity contribution in [3.05, 3.63) is 48.0 Å². The van der Waals surface area contributed by atoms with E-state index >= 15 is 0 Å². The highest BCUT2D eigenvalue weighted by Crippen LogP contribution is 2.41. The van der Waals surface area contributed by atoms with E-state index in [0.717, 1.165) is 44.1 Å². The molecule has 0 aliphatic carbocycles. The highest BCUT2D eigenvalue weighted by Gasteiger charge is 2.20. The van der Waals surface area contributed by atoms with Crippen LogP contribution in [0.2, 0.25) is 0 Å². The smallest absolute Gasteiger partial charge is 0.231 e. The molecule has 2 heterocycles. The lowest BCUT2D eigenvalue weighted by molar-refractivity contribution is 0.174. The summed E-state index contributed by atoms with van der Waals surface area (Å²) in [4.78, 5) is 0. The lowest BCUT2D eigenvalue weighted by atomic mass is 10.00. The van der Waals surface area contributed by atoms with Gasteiger partial charge in [-0.1, -0.05) is 18.2 Å². The van der Waals surface area contributed by atoms with E-state index in [1.807, 2.05) is 37.4 Å². The molecule has 3 aromatic carbocycles. The molecule has 5 rings (SSSR count). The second-order valence-corrected chi connectivity index (χ2v) is 5.76. The van der Waals surface area contributed by atoms with Crippen molar-refractivity contribution >= 4 is 32.6 Å². The van der Waals surface area contributed by atoms with Crippen LogP contribution in [0.25, 0.3) is 32.6 Å². The predicted octanol–water partition coefficient (Wildman–Crippen LogP) is 4.09. The van der Waals surface area contributed by atoms with Gasteiger partial charge in [0.2, 0.25) is 6.79 Å². The molecule has 0 atom stereocenters. The van der Waals surface area contributed by atoms with Crippen molar-refractivity contribution in [2.75, 3.05) is 6.79 Å². The van der Waals surface area contributed by atoms with E-state index in [1.165, 1.54) is 0 Å². The van der Waals surface area contributed by atoms with Crippen LogP contribution >= 0.6 is 0 Å². The van der Waals surface area contributed by atoms with Gasteiger partial charge < -0.3 is 14.0 Å². The molecule has 4 aromatic rings. The highest BCUT2D eigenvalue weighted by molar-refractivity contribution is 6.20. The molecule has 0 radical (unpaired) electrons. The molecule has 4 nitrogen and oxygen atoms in total. The van der Waals surface area contributed by atoms with Crippen LogP contribution in [0.1, 0.15) is 5.56 Å². The second kappa shape index (κ2) is 4.17. The predicted molar refractivity (Wildman–Crippen MR) is 88.8 cm³/mol. The van der Waals surface area contributed by atoms with Crippen molar-refractivity contribution < 1.29 is 9.47 Å². The lowest BCUT2D eigenvalue weighted by Crippen LogP contribution is -1.92. The van der Waals surface area contributed by atoms with Crippen molar-refractivity contribution in [2.45, 2.75) is 0 Å². The number of hydrogen-bond donors (Lipinski definition) is 0. The monoisotopic (exact) mass is 300 g/mol. The van der Waals surface area contributed by atoms with Crippen LogP contribution < -0.4 is 9.47 Å². The zero-order valence-corrected chi connectivity index (χ0v) is 12.5. The summed E-state index contributed by atoms with van der Waals surface area (Å²) in [5, 5.41) is 13.8. The topological polar surface area (TPSA) is 47.2 Å². The van der Waals surface area contributed by atoms with Gasteiger partial charge in [-0.05, 0) is 29.7 Å². The standard InChI is InChI=1S/C19H12N2O2/c1-21-15-5-3-2-4-13(15)18-12(9-20)6-11-7-16-17(23-10-22-16)8-14(11)19(18)21/h2-8H,10H2,1H3. The van der Waals surface area contributed by atoms with Crippen LogP contribution in [0, 0.1) is 11.3 Å². The van der Waals surface area contributed by atoms with E-state index in [2.05, 4.69) is 22.8 Å². The maximum Gasteiger partial charge on any atom is 0.231 e. The Kier molecular flexibility index (Phi) is 2.24. The van der Waals surface area contributed by atoms with Gasteiger partial charge in [-0.2, -0.15) is 5.26 Å². The fourth-order valence-electron chi connectivity index (χ4n) is 3.58. The molecule has 0 unspecified atom stereocenters. The fraction of sp³-hybridized carbons (Fsp3) is 0.105. The third kappa shape index (κ3) is 1.49. The highest BCUT2D eigenvalue weighted by atomic mass is 16.7. The van der Waals surface area contributed by atoms with Gasteiger partial charge in [-0.15, -0.1) is 0 Å². The summed E-state index contributed by atoms with van der Waals surface area (Å²) in [6.07, 6.45) is 0. The first-order chi connectivity index (χ1) is 11.3. The summed E-state index contributed by atoms with van der Waals surface area (Å²) in [6.45, 7) is 0.245. The summed E-state index contributed by atoms with van der Waals surface area (Å²) < 4.78 is 13.1. The van der Waals surface area contributed by atoms with Crippen LogP contribution in [0.3, 0.4) is 0 Å². The third-order valence-corrected chi connectivity index (χ3v) is 4.60. The molecule has 23 heavy (non-hydrogen) atoms. The third-order valence-electron chi connectivity index (χ3n) is 4.60. The number of para-hydroxylation sites is 1. The Morgan fingerprint density at radius 1 is 1.04 bits per heavy atom. The molecule has 0 spiro atoms. The zero-order chi connectivity index (χ0) is 15.6. The number of nitriles is 1. The second-order valence-electron chi connectivity index (χ2n) is 5.76. The molecule has 0 amide bonds. The molecular formula is C19H12N2O2. The molecule has 1 aromatic heterocycles. The Bertz CT molecular complexity index is 1170. The van der Waals surface area contributed by atoms with Gasteiger partial charge in [0, 0.05) is 28.7 Å². The summed E-state index contributed by atoms with van der Waals surface area (Å²) in [7, 11) is 2.04. The summed E-state index contributed by atoms with van der Waals surface area (Å²) in [5.41, 5.74) is 2.85. The van der Waals surface area contributed by atoms with Crippen molar-refractivity contribution in [3.8, 4) is 17.6 Å². The summed E-state index contributed by atoms with van der Waals surface area (Å²) in [5.74, 6) is 1.49. The minimum absolute atomic E-state index is 0.245. The number of ether oxygens (including phenoxy) is 2. The van der Waals surface area contributed by atoms with Crippen molar-refractivity contribution in [3.63, 3.8) is 0 Å². The first kappa shape index (κ1) is 12.4. The maximum atomic E-state index is 9.64. The van der Waals surface area contributed by atoms with E-state index in [4.69, 9.17) is 9.47 Å². The van der Waals surface area contributed by atoms with E-state index in [0.29, 0.717) is 5.56 Å². The first-order valence-corrected chi connectivity index (χ1v) is 7.41. The molecule has 1 aliphatic heterocycles. The Morgan fingerprint density at radius 3 is 2.65 bits per heavy atom. The van der Waals surface area contributed by atoms with Crippen LogP contribution in [-0.4, -0.2) is 11.4 Å². The van der Waals surface area contributed by atoms with Crippen molar-refractivity contribution in [2.24, 2.45) is 7.05 Å². The molecule has 110 valence electrons. The molecule has 1 aliphatic rings. The largest absolute Gasteiger partial charge is 0.454 e. The SMILES string of the molecule is Cn1c2ccccc2c2c(C#N)cc3cc4c(cc3c21)OCO4. The van der Waals surface area contributed by atoms with Gasteiger partial charge in [0.25, 0.3) is 0 Å². The Morgan fingerprint density at radius 2 is 1.83 bits per heavy atom. The van der Waals surface area contributed by atoms with Gasteiger partial charge >= 0.3 is 0 Å². The maximum absolute atomic E-state index is 9.64. The molecular weight excluding hydrogens is 288 g/mol. The van der Waals surface area contributed by atoms with Crippen molar-refractivity contribution in [1.29, 1.82) is 5.26 Å². The van der Waals surface area contributed by atoms with E-state index in [9.17, 15) is 5.26 Å². The fourth-order valence-corrected chi connectivity index (χ4v) is 3.58. The molecule has 0 bridgehead atoms. The van der Waals surface area contributed by atoms with Gasteiger partial charge in [0.05, 0.1) is 17.1 Å². The van der Waals surface area contributed by atoms with E-state index in [1.54, 1.807) is 0 Å². The average molecular weight is 300 g/mol. The molecule has 0 saturated heterocycles. The Hall–Kier alpha value is -3.19.